The molecular weight excluding hydrogens is 440 g/mol. The molecule has 0 bridgehead atoms. The Morgan fingerprint density at radius 2 is 1.71 bits per heavy atom. The summed E-state index contributed by atoms with van der Waals surface area (Å²) >= 11 is 6.14. The zero-order chi connectivity index (χ0) is 22.4. The van der Waals surface area contributed by atoms with E-state index in [1.54, 1.807) is 36.4 Å². The second-order valence-corrected chi connectivity index (χ2v) is 8.47. The quantitative estimate of drug-likeness (QED) is 0.523. The van der Waals surface area contributed by atoms with Crippen molar-refractivity contribution >= 4 is 33.2 Å². The van der Waals surface area contributed by atoms with E-state index in [0.717, 1.165) is 0 Å². The highest BCUT2D eigenvalue weighted by Crippen LogP contribution is 2.27. The molecule has 0 fully saturated rings. The van der Waals surface area contributed by atoms with Gasteiger partial charge in [-0.25, -0.2) is 13.6 Å². The van der Waals surface area contributed by atoms with Gasteiger partial charge in [-0.2, -0.15) is 0 Å². The van der Waals surface area contributed by atoms with Crippen molar-refractivity contribution in [2.75, 3.05) is 11.9 Å². The number of ether oxygens (including phenoxy) is 2. The van der Waals surface area contributed by atoms with Crippen molar-refractivity contribution in [2.45, 2.75) is 18.4 Å². The summed E-state index contributed by atoms with van der Waals surface area (Å²) in [5.74, 6) is 0.755. The van der Waals surface area contributed by atoms with Crippen molar-refractivity contribution in [1.82, 2.24) is 0 Å². The lowest BCUT2D eigenvalue weighted by atomic mass is 10.1. The van der Waals surface area contributed by atoms with Gasteiger partial charge in [-0.1, -0.05) is 23.7 Å². The van der Waals surface area contributed by atoms with Gasteiger partial charge in [0.15, 0.2) is 0 Å². The first kappa shape index (κ1) is 22.6. The van der Waals surface area contributed by atoms with Crippen LogP contribution in [-0.4, -0.2) is 20.9 Å². The molecule has 7 nitrogen and oxygen atoms in total. The number of primary sulfonamides is 1. The van der Waals surface area contributed by atoms with Gasteiger partial charge in [-0.05, 0) is 61.5 Å². The number of amides is 1. The normalized spacial score (nSPS) is 11.1. The van der Waals surface area contributed by atoms with Gasteiger partial charge in [0.25, 0.3) is 5.91 Å². The van der Waals surface area contributed by atoms with Crippen LogP contribution in [0.5, 0.6) is 11.5 Å². The van der Waals surface area contributed by atoms with E-state index >= 15 is 0 Å². The fourth-order valence-corrected chi connectivity index (χ4v) is 3.48. The Bertz CT molecular complexity index is 1180. The monoisotopic (exact) mass is 460 g/mol. The Morgan fingerprint density at radius 1 is 1.00 bits per heavy atom. The average Bonchev–Trinajstić information content (AvgIpc) is 2.74. The first-order valence-corrected chi connectivity index (χ1v) is 11.3. The van der Waals surface area contributed by atoms with Crippen LogP contribution in [0, 0.1) is 0 Å². The van der Waals surface area contributed by atoms with E-state index in [1.807, 2.05) is 13.0 Å². The van der Waals surface area contributed by atoms with E-state index in [4.69, 9.17) is 26.2 Å². The van der Waals surface area contributed by atoms with E-state index in [1.165, 1.54) is 24.3 Å². The molecule has 31 heavy (non-hydrogen) atoms. The van der Waals surface area contributed by atoms with Crippen LogP contribution >= 0.6 is 11.6 Å². The molecule has 0 aliphatic rings. The predicted molar refractivity (Wildman–Crippen MR) is 119 cm³/mol. The molecule has 0 radical (unpaired) electrons. The standard InChI is InChI=1S/C22H21ClN2O5S/c1-2-29-20-12-7-15(13-16(20)14-30-21-6-4-3-5-19(21)23)22(26)25-17-8-10-18(11-9-17)31(24,27)28/h3-13H,2,14H2,1H3,(H,25,26)(H2,24,27,28). The Labute approximate surface area is 185 Å². The van der Waals surface area contributed by atoms with Gasteiger partial charge in [0.2, 0.25) is 10.0 Å². The van der Waals surface area contributed by atoms with Crippen LogP contribution in [0.4, 0.5) is 5.69 Å². The topological polar surface area (TPSA) is 108 Å². The second kappa shape index (κ2) is 9.82. The number of sulfonamides is 1. The molecular formula is C22H21ClN2O5S. The van der Waals surface area contributed by atoms with Crippen molar-refractivity contribution < 1.29 is 22.7 Å². The maximum atomic E-state index is 12.7. The van der Waals surface area contributed by atoms with Crippen molar-refractivity contribution in [3.05, 3.63) is 82.9 Å². The van der Waals surface area contributed by atoms with E-state index in [2.05, 4.69) is 5.32 Å². The molecule has 3 aromatic rings. The number of benzene rings is 3. The number of anilines is 1. The molecule has 0 aromatic heterocycles. The van der Waals surface area contributed by atoms with Crippen LogP contribution < -0.4 is 19.9 Å². The van der Waals surface area contributed by atoms with Crippen molar-refractivity contribution in [3.8, 4) is 11.5 Å². The summed E-state index contributed by atoms with van der Waals surface area (Å²) in [6.07, 6.45) is 0. The molecule has 0 saturated heterocycles. The summed E-state index contributed by atoms with van der Waals surface area (Å²) in [4.78, 5) is 12.7. The largest absolute Gasteiger partial charge is 0.493 e. The summed E-state index contributed by atoms with van der Waals surface area (Å²) in [7, 11) is -3.80. The first-order chi connectivity index (χ1) is 14.8. The Morgan fingerprint density at radius 3 is 2.35 bits per heavy atom. The Hall–Kier alpha value is -3.07. The third kappa shape index (κ3) is 5.97. The lowest BCUT2D eigenvalue weighted by Crippen LogP contribution is -2.14. The van der Waals surface area contributed by atoms with Crippen LogP contribution in [0.15, 0.2) is 71.6 Å². The van der Waals surface area contributed by atoms with E-state index in [-0.39, 0.29) is 17.4 Å². The number of para-hydroxylation sites is 1. The third-order valence-electron chi connectivity index (χ3n) is 4.28. The number of hydrogen-bond donors (Lipinski definition) is 2. The van der Waals surface area contributed by atoms with Gasteiger partial charge < -0.3 is 14.8 Å². The van der Waals surface area contributed by atoms with Crippen LogP contribution in [0.1, 0.15) is 22.8 Å². The highest BCUT2D eigenvalue weighted by Gasteiger charge is 2.13. The molecule has 0 aliphatic carbocycles. The van der Waals surface area contributed by atoms with Gasteiger partial charge in [-0.3, -0.25) is 4.79 Å². The molecule has 162 valence electrons. The Kier molecular flexibility index (Phi) is 7.17. The maximum absolute atomic E-state index is 12.7. The lowest BCUT2D eigenvalue weighted by molar-refractivity contribution is 0.102. The van der Waals surface area contributed by atoms with Crippen LogP contribution in [0.2, 0.25) is 5.02 Å². The molecule has 0 unspecified atom stereocenters. The molecule has 0 aliphatic heterocycles. The number of rotatable bonds is 8. The minimum Gasteiger partial charge on any atom is -0.493 e. The molecule has 0 heterocycles. The highest BCUT2D eigenvalue weighted by molar-refractivity contribution is 7.89. The molecule has 0 atom stereocenters. The molecule has 1 amide bonds. The second-order valence-electron chi connectivity index (χ2n) is 6.50. The van der Waals surface area contributed by atoms with Gasteiger partial charge in [0, 0.05) is 16.8 Å². The summed E-state index contributed by atoms with van der Waals surface area (Å²) < 4.78 is 34.1. The van der Waals surface area contributed by atoms with Gasteiger partial charge in [-0.15, -0.1) is 0 Å². The van der Waals surface area contributed by atoms with Gasteiger partial charge in [0.1, 0.15) is 18.1 Å². The Balaban J connectivity index is 1.78. The number of carbonyl (C=O) groups is 1. The number of nitrogens with two attached hydrogens (primary N) is 1. The van der Waals surface area contributed by atoms with Crippen LogP contribution in [0.3, 0.4) is 0 Å². The molecule has 3 aromatic carbocycles. The fourth-order valence-electron chi connectivity index (χ4n) is 2.78. The average molecular weight is 461 g/mol. The lowest BCUT2D eigenvalue weighted by Gasteiger charge is -2.14. The summed E-state index contributed by atoms with van der Waals surface area (Å²) in [6, 6.07) is 17.7. The molecule has 0 saturated carbocycles. The smallest absolute Gasteiger partial charge is 0.255 e. The number of hydrogen-bond acceptors (Lipinski definition) is 5. The predicted octanol–water partition coefficient (Wildman–Crippen LogP) is 4.22. The van der Waals surface area contributed by atoms with E-state index in [9.17, 15) is 13.2 Å². The molecule has 0 spiro atoms. The summed E-state index contributed by atoms with van der Waals surface area (Å²) in [6.45, 7) is 2.48. The minimum absolute atomic E-state index is 0.0365. The van der Waals surface area contributed by atoms with Crippen molar-refractivity contribution in [1.29, 1.82) is 0 Å². The number of carbonyl (C=O) groups excluding carboxylic acids is 1. The SMILES string of the molecule is CCOc1ccc(C(=O)Nc2ccc(S(N)(=O)=O)cc2)cc1COc1ccccc1Cl. The highest BCUT2D eigenvalue weighted by atomic mass is 35.5. The minimum atomic E-state index is -3.80. The van der Waals surface area contributed by atoms with Gasteiger partial charge in [0.05, 0.1) is 16.5 Å². The molecule has 3 rings (SSSR count). The van der Waals surface area contributed by atoms with Crippen molar-refractivity contribution in [2.24, 2.45) is 5.14 Å². The molecule has 3 N–H and O–H groups in total. The first-order valence-electron chi connectivity index (χ1n) is 9.35. The third-order valence-corrected chi connectivity index (χ3v) is 5.52. The zero-order valence-corrected chi connectivity index (χ0v) is 18.2. The van der Waals surface area contributed by atoms with E-state index in [0.29, 0.717) is 39.9 Å². The van der Waals surface area contributed by atoms with Crippen molar-refractivity contribution in [3.63, 3.8) is 0 Å². The number of nitrogens with one attached hydrogen (secondary N) is 1. The number of halogens is 1. The molecule has 9 heteroatoms. The summed E-state index contributed by atoms with van der Waals surface area (Å²) in [5, 5.41) is 8.29. The van der Waals surface area contributed by atoms with Crippen LogP contribution in [-0.2, 0) is 16.6 Å². The van der Waals surface area contributed by atoms with Gasteiger partial charge >= 0.3 is 0 Å². The van der Waals surface area contributed by atoms with Crippen LogP contribution in [0.25, 0.3) is 0 Å². The zero-order valence-electron chi connectivity index (χ0n) is 16.7. The summed E-state index contributed by atoms with van der Waals surface area (Å²) in [5.41, 5.74) is 1.50. The van der Waals surface area contributed by atoms with E-state index < -0.39 is 10.0 Å². The maximum Gasteiger partial charge on any atom is 0.255 e. The fraction of sp³-hybridized carbons (Fsp3) is 0.136.